The van der Waals surface area contributed by atoms with Crippen LogP contribution in [0.5, 0.6) is 11.5 Å². The third kappa shape index (κ3) is 17.7. The van der Waals surface area contributed by atoms with Gasteiger partial charge in [0.15, 0.2) is 36.3 Å². The monoisotopic (exact) mass is 2010 g/mol. The summed E-state index contributed by atoms with van der Waals surface area (Å²) in [4.78, 5) is 45.1. The van der Waals surface area contributed by atoms with Gasteiger partial charge in [0.05, 0.1) is 122 Å². The number of aromatic nitrogens is 12. The maximum absolute atomic E-state index is 6.29. The van der Waals surface area contributed by atoms with E-state index in [4.69, 9.17) is 4.74 Å². The Bertz CT molecular complexity index is 7510. The van der Waals surface area contributed by atoms with Gasteiger partial charge in [0.2, 0.25) is 22.8 Å². The number of para-hydroxylation sites is 7. The predicted octanol–water partition coefficient (Wildman–Crippen LogP) is 19.5. The fraction of sp³-hybridized carbons (Fsp3) is 0.179. The number of aryl methyl sites for hydroxylation is 12. The summed E-state index contributed by atoms with van der Waals surface area (Å²) < 4.78 is 24.9. The number of benzene rings is 12. The molecule has 140 heavy (non-hydrogen) atoms. The van der Waals surface area contributed by atoms with Crippen molar-refractivity contribution in [2.75, 3.05) is 71.7 Å². The number of anilines is 12. The summed E-state index contributed by atoms with van der Waals surface area (Å²) in [6, 6.07) is 77.9. The topological polar surface area (TPSA) is 129 Å². The molecule has 19 nitrogen and oxygen atoms in total. The Labute approximate surface area is 842 Å². The van der Waals surface area contributed by atoms with E-state index in [1.165, 1.54) is 178 Å². The Hall–Kier alpha value is -14.5. The first-order valence-corrected chi connectivity index (χ1v) is 51.8. The molecule has 0 radical (unpaired) electrons. The Balaban J connectivity index is 0.000000107. The van der Waals surface area contributed by atoms with Gasteiger partial charge in [-0.1, -0.05) is 104 Å². The van der Waals surface area contributed by atoms with Crippen LogP contribution >= 0.6 is 23.5 Å². The molecule has 18 aromatic rings. The Kier molecular flexibility index (Phi) is 26.8. The van der Waals surface area contributed by atoms with Gasteiger partial charge in [-0.25, -0.2) is 0 Å². The summed E-state index contributed by atoms with van der Waals surface area (Å²) in [5, 5.41) is 0. The molecular weight excluding hydrogens is 1900 g/mol. The number of fused-ring (bicyclic) bond motifs is 12. The zero-order valence-corrected chi connectivity index (χ0v) is 87.8. The molecule has 24 rings (SSSR count). The third-order valence-corrected chi connectivity index (χ3v) is 35.2. The standard InChI is InChI=1S/C22H24N3.C20H21N4.C19H18N3O.C19H18N3S.C19H18N3Se.C18H15N2SSe/c1-15-10-11-18-21(20(15)19-14-23-12-13-24(19)4)22(2,3)16-8-6-7-9-17(16)25(18)5;1-14-9-10-17-20(19(14)18-13-21-11-12-22(18)2)24(4)16-8-6-5-7-15(16)23(17)3;3*1-13-8-9-15-19(18(13)16-12-20-10-11-21(16)2)23-17-7-5-4-6-14(17)22(15)3;1-12-7-8-15-18(17(12)13-11-19-9-10-20(13)2)22-16-6-4-3-5-14(16)21-15/h6-14H,1-5H3;5-13H,1-4H3;3*4-12H,1-3H3;3-11H,1-2H3/q6*+1. The van der Waals surface area contributed by atoms with Crippen molar-refractivity contribution in [2.24, 2.45) is 42.3 Å². The van der Waals surface area contributed by atoms with Crippen molar-refractivity contribution in [3.05, 3.63) is 374 Å². The number of hydrogen-bond donors (Lipinski definition) is 0. The van der Waals surface area contributed by atoms with E-state index in [1.54, 1.807) is 6.20 Å². The summed E-state index contributed by atoms with van der Waals surface area (Å²) >= 11 is 4.37. The Morgan fingerprint density at radius 1 is 0.279 bits per heavy atom. The van der Waals surface area contributed by atoms with Crippen LogP contribution in [-0.4, -0.2) is 102 Å². The molecule has 23 heteroatoms. The molecular formula is C117H114N18OS2Se2+6. The summed E-state index contributed by atoms with van der Waals surface area (Å²) in [6.45, 7) is 17.7. The minimum absolute atomic E-state index is 0.0807. The molecule has 0 saturated carbocycles. The summed E-state index contributed by atoms with van der Waals surface area (Å²) in [5.41, 5.74) is 39.3. The van der Waals surface area contributed by atoms with Crippen LogP contribution in [0.25, 0.3) is 67.5 Å². The summed E-state index contributed by atoms with van der Waals surface area (Å²) in [7, 11) is 25.2. The third-order valence-electron chi connectivity index (χ3n) is 27.3. The molecule has 0 N–H and O–H groups in total. The van der Waals surface area contributed by atoms with Crippen molar-refractivity contribution >= 4 is 140 Å². The van der Waals surface area contributed by atoms with Crippen LogP contribution in [0, 0.1) is 41.5 Å². The van der Waals surface area contributed by atoms with E-state index in [1.807, 2.05) is 154 Å². The molecule has 6 aliphatic rings. The van der Waals surface area contributed by atoms with Crippen LogP contribution < -0.4 is 79.4 Å². The second-order valence-electron chi connectivity index (χ2n) is 36.5. The normalized spacial score (nSPS) is 13.1. The van der Waals surface area contributed by atoms with Crippen LogP contribution in [0.2, 0.25) is 0 Å². The fourth-order valence-electron chi connectivity index (χ4n) is 19.6. The molecule has 0 amide bonds. The molecule has 12 aromatic carbocycles. The summed E-state index contributed by atoms with van der Waals surface area (Å²) in [5.74, 6) is 1.76. The van der Waals surface area contributed by atoms with Gasteiger partial charge in [-0.05, 0) is 122 Å². The maximum atomic E-state index is 6.29. The quantitative estimate of drug-likeness (QED) is 0.116. The van der Waals surface area contributed by atoms with Gasteiger partial charge < -0.3 is 29.2 Å². The molecule has 0 unspecified atom stereocenters. The van der Waals surface area contributed by atoms with E-state index in [2.05, 4.69) is 420 Å². The number of rotatable bonds is 6. The number of ether oxygens (including phenoxy) is 1. The second-order valence-corrected chi connectivity index (χ2v) is 43.0. The zero-order valence-electron chi connectivity index (χ0n) is 82.8. The molecule has 0 aliphatic carbocycles. The van der Waals surface area contributed by atoms with Crippen molar-refractivity contribution < 1.29 is 32.1 Å². The van der Waals surface area contributed by atoms with Gasteiger partial charge in [-0.3, -0.25) is 19.9 Å². The molecule has 0 saturated heterocycles. The Morgan fingerprint density at radius 3 is 1.21 bits per heavy atom. The van der Waals surface area contributed by atoms with Crippen LogP contribution in [0.3, 0.4) is 0 Å². The molecule has 6 aliphatic heterocycles. The van der Waals surface area contributed by atoms with E-state index in [9.17, 15) is 0 Å². The van der Waals surface area contributed by atoms with Gasteiger partial charge in [-0.15, -0.1) is 0 Å². The molecule has 0 spiro atoms. The fourth-order valence-corrected chi connectivity index (χ4v) is 27.9. The zero-order chi connectivity index (χ0) is 97.6. The van der Waals surface area contributed by atoms with Crippen LogP contribution in [-0.2, 0) is 47.7 Å². The summed E-state index contributed by atoms with van der Waals surface area (Å²) in [6.07, 6.45) is 34.6. The second kappa shape index (κ2) is 39.7. The van der Waals surface area contributed by atoms with Crippen molar-refractivity contribution in [3.8, 4) is 79.0 Å². The van der Waals surface area contributed by atoms with E-state index in [0.29, 0.717) is 29.9 Å². The number of nitrogens with zero attached hydrogens (tertiary/aromatic N) is 18. The predicted molar refractivity (Wildman–Crippen MR) is 571 cm³/mol. The first-order chi connectivity index (χ1) is 67.7. The average Bonchev–Trinajstić information content (AvgIpc) is 0.713. The van der Waals surface area contributed by atoms with Crippen LogP contribution in [0.1, 0.15) is 58.4 Å². The van der Waals surface area contributed by atoms with Gasteiger partial charge in [-0.2, -0.15) is 18.3 Å². The van der Waals surface area contributed by atoms with E-state index >= 15 is 0 Å². The van der Waals surface area contributed by atoms with Gasteiger partial charge in [0, 0.05) is 62.5 Å². The number of hydrogen-bond acceptors (Lipinski definition) is 15. The first kappa shape index (κ1) is 94.4. The SMILES string of the molecule is Cc1ccc2c(c1-c1cncc[n+]1C)C(C)(C)c1ccccc1N2C.Cc1ccc2c(c1-c1cncc[n+]1C)N(C)c1ccccc1N2C.Cc1ccc2c(c1-c1cncc[n+]1C)Oc1ccccc1N2C.Cc1ccc2c(c1-c1cncc[n+]1C)Sc1ccccc1N2C.Cc1ccc2c(c1-c1cncc[n+]1C)[Se]c1ccccc1N2C.Cc1ccc2c(c1-c1cncc[n+]1C)[Se]c1ccccc1S2. The Morgan fingerprint density at radius 2 is 0.643 bits per heavy atom. The van der Waals surface area contributed by atoms with Crippen molar-refractivity contribution in [3.63, 3.8) is 0 Å². The van der Waals surface area contributed by atoms with E-state index in [-0.39, 0.29) is 5.41 Å². The average molecular weight is 2010 g/mol. The van der Waals surface area contributed by atoms with Crippen molar-refractivity contribution in [1.29, 1.82) is 0 Å². The van der Waals surface area contributed by atoms with Crippen molar-refractivity contribution in [2.45, 2.75) is 80.4 Å². The molecule has 0 atom stereocenters. The first-order valence-electron chi connectivity index (χ1n) is 46.7. The van der Waals surface area contributed by atoms with E-state index < -0.39 is 0 Å². The van der Waals surface area contributed by atoms with Gasteiger partial charge in [0.25, 0.3) is 0 Å². The van der Waals surface area contributed by atoms with Crippen molar-refractivity contribution in [1.82, 2.24) is 29.9 Å². The van der Waals surface area contributed by atoms with Gasteiger partial charge in [0.1, 0.15) is 28.2 Å². The van der Waals surface area contributed by atoms with Crippen LogP contribution in [0.15, 0.2) is 350 Å². The molecule has 6 aromatic heterocycles. The molecule has 0 bridgehead atoms. The molecule has 12 heterocycles. The minimum atomic E-state index is -0.0807. The van der Waals surface area contributed by atoms with Gasteiger partial charge >= 0.3 is 283 Å². The molecule has 696 valence electrons. The molecule has 0 fully saturated rings. The van der Waals surface area contributed by atoms with E-state index in [0.717, 1.165) is 51.2 Å². The van der Waals surface area contributed by atoms with Crippen LogP contribution in [0.4, 0.5) is 68.2 Å².